The summed E-state index contributed by atoms with van der Waals surface area (Å²) in [6, 6.07) is 7.33. The van der Waals surface area contributed by atoms with E-state index in [1.165, 1.54) is 7.11 Å². The number of esters is 1. The van der Waals surface area contributed by atoms with Crippen molar-refractivity contribution in [1.29, 1.82) is 0 Å². The van der Waals surface area contributed by atoms with Gasteiger partial charge in [-0.25, -0.2) is 9.78 Å². The van der Waals surface area contributed by atoms with E-state index < -0.39 is 6.04 Å². The van der Waals surface area contributed by atoms with Gasteiger partial charge in [0, 0.05) is 6.54 Å². The van der Waals surface area contributed by atoms with Crippen molar-refractivity contribution in [1.82, 2.24) is 9.97 Å². The molecule has 1 atom stereocenters. The molecule has 100 valence electrons. The van der Waals surface area contributed by atoms with Gasteiger partial charge in [0.25, 0.3) is 0 Å². The summed E-state index contributed by atoms with van der Waals surface area (Å²) >= 11 is 0. The molecule has 6 nitrogen and oxygen atoms in total. The van der Waals surface area contributed by atoms with Gasteiger partial charge in [0.05, 0.1) is 31.4 Å². The molecule has 1 saturated heterocycles. The zero-order chi connectivity index (χ0) is 13.2. The van der Waals surface area contributed by atoms with Crippen molar-refractivity contribution in [3.05, 3.63) is 24.3 Å². The Hall–Kier alpha value is -2.08. The third-order valence-electron chi connectivity index (χ3n) is 3.25. The minimum atomic E-state index is -0.445. The summed E-state index contributed by atoms with van der Waals surface area (Å²) in [5.74, 6) is 0.375. The number of para-hydroxylation sites is 2. The van der Waals surface area contributed by atoms with Gasteiger partial charge in [0.2, 0.25) is 5.95 Å². The number of morpholine rings is 1. The fourth-order valence-electron chi connectivity index (χ4n) is 2.26. The lowest BCUT2D eigenvalue weighted by Gasteiger charge is -2.33. The number of carbonyl (C=O) groups excluding carboxylic acids is 1. The number of H-pyrrole nitrogens is 1. The lowest BCUT2D eigenvalue weighted by atomic mass is 10.2. The first-order chi connectivity index (χ1) is 9.29. The van der Waals surface area contributed by atoms with Crippen LogP contribution in [-0.4, -0.2) is 48.8 Å². The van der Waals surface area contributed by atoms with Crippen molar-refractivity contribution in [2.75, 3.05) is 31.8 Å². The highest BCUT2D eigenvalue weighted by atomic mass is 16.5. The van der Waals surface area contributed by atoms with Gasteiger partial charge >= 0.3 is 5.97 Å². The van der Waals surface area contributed by atoms with Crippen LogP contribution in [0, 0.1) is 0 Å². The van der Waals surface area contributed by atoms with Gasteiger partial charge in [0.15, 0.2) is 6.04 Å². The van der Waals surface area contributed by atoms with Gasteiger partial charge in [-0.15, -0.1) is 0 Å². The Bertz CT molecular complexity index is 563. The molecule has 1 aliphatic heterocycles. The van der Waals surface area contributed by atoms with Crippen molar-refractivity contribution >= 4 is 23.0 Å². The predicted molar refractivity (Wildman–Crippen MR) is 70.1 cm³/mol. The van der Waals surface area contributed by atoms with E-state index in [9.17, 15) is 4.79 Å². The Morgan fingerprint density at radius 2 is 2.37 bits per heavy atom. The van der Waals surface area contributed by atoms with Crippen molar-refractivity contribution in [3.63, 3.8) is 0 Å². The minimum absolute atomic E-state index is 0.305. The van der Waals surface area contributed by atoms with Gasteiger partial charge in [0.1, 0.15) is 0 Å². The Morgan fingerprint density at radius 3 is 3.16 bits per heavy atom. The third-order valence-corrected chi connectivity index (χ3v) is 3.25. The Kier molecular flexibility index (Phi) is 3.08. The zero-order valence-corrected chi connectivity index (χ0v) is 10.6. The van der Waals surface area contributed by atoms with Crippen LogP contribution in [0.5, 0.6) is 0 Å². The predicted octanol–water partition coefficient (Wildman–Crippen LogP) is 0.941. The molecular formula is C13H15N3O3. The van der Waals surface area contributed by atoms with Crippen LogP contribution in [0.1, 0.15) is 0 Å². The maximum atomic E-state index is 11.8. The number of fused-ring (bicyclic) bond motifs is 1. The molecule has 0 spiro atoms. The Balaban J connectivity index is 1.95. The topological polar surface area (TPSA) is 67.5 Å². The summed E-state index contributed by atoms with van der Waals surface area (Å²) in [6.45, 7) is 1.51. The third kappa shape index (κ3) is 2.15. The monoisotopic (exact) mass is 261 g/mol. The number of ether oxygens (including phenoxy) is 2. The molecule has 0 aliphatic carbocycles. The highest BCUT2D eigenvalue weighted by Crippen LogP contribution is 2.21. The summed E-state index contributed by atoms with van der Waals surface area (Å²) in [5, 5.41) is 0. The lowest BCUT2D eigenvalue weighted by Crippen LogP contribution is -2.51. The van der Waals surface area contributed by atoms with E-state index in [1.807, 2.05) is 29.2 Å². The number of nitrogens with zero attached hydrogens (tertiary/aromatic N) is 2. The van der Waals surface area contributed by atoms with Crippen LogP contribution in [0.15, 0.2) is 24.3 Å². The van der Waals surface area contributed by atoms with E-state index in [0.717, 1.165) is 11.0 Å². The molecule has 6 heteroatoms. The molecule has 3 rings (SSSR count). The van der Waals surface area contributed by atoms with Gasteiger partial charge in [-0.2, -0.15) is 0 Å². The molecule has 0 radical (unpaired) electrons. The number of imidazole rings is 1. The first-order valence-corrected chi connectivity index (χ1v) is 6.16. The molecule has 1 N–H and O–H groups in total. The highest BCUT2D eigenvalue weighted by Gasteiger charge is 2.32. The van der Waals surface area contributed by atoms with Gasteiger partial charge < -0.3 is 19.4 Å². The minimum Gasteiger partial charge on any atom is -0.467 e. The number of carbonyl (C=O) groups is 1. The maximum Gasteiger partial charge on any atom is 0.331 e. The lowest BCUT2D eigenvalue weighted by molar-refractivity contribution is -0.144. The molecule has 1 fully saturated rings. The summed E-state index contributed by atoms with van der Waals surface area (Å²) in [5.41, 5.74) is 1.83. The Morgan fingerprint density at radius 1 is 1.53 bits per heavy atom. The zero-order valence-electron chi connectivity index (χ0n) is 10.6. The molecule has 1 unspecified atom stereocenters. The van der Waals surface area contributed by atoms with Crippen LogP contribution in [0.3, 0.4) is 0 Å². The molecule has 0 bridgehead atoms. The Labute approximate surface area is 110 Å². The molecule has 0 saturated carbocycles. The molecule has 2 heterocycles. The van der Waals surface area contributed by atoms with E-state index in [-0.39, 0.29) is 5.97 Å². The fourth-order valence-corrected chi connectivity index (χ4v) is 2.26. The van der Waals surface area contributed by atoms with Crippen LogP contribution in [-0.2, 0) is 14.3 Å². The number of hydrogen-bond acceptors (Lipinski definition) is 5. The smallest absolute Gasteiger partial charge is 0.331 e. The van der Waals surface area contributed by atoms with Crippen molar-refractivity contribution in [3.8, 4) is 0 Å². The average Bonchev–Trinajstić information content (AvgIpc) is 2.90. The van der Waals surface area contributed by atoms with E-state index in [0.29, 0.717) is 25.7 Å². The molecule has 19 heavy (non-hydrogen) atoms. The highest BCUT2D eigenvalue weighted by molar-refractivity contribution is 5.82. The average molecular weight is 261 g/mol. The second-order valence-electron chi connectivity index (χ2n) is 4.38. The second kappa shape index (κ2) is 4.89. The SMILES string of the molecule is COC(=O)C1COCCN1c1nc2ccccc2[nH]1. The van der Waals surface area contributed by atoms with Crippen LogP contribution < -0.4 is 4.90 Å². The molecule has 0 amide bonds. The summed E-state index contributed by atoms with van der Waals surface area (Å²) in [6.07, 6.45) is 0. The largest absolute Gasteiger partial charge is 0.467 e. The number of methoxy groups -OCH3 is 1. The molecule has 1 aromatic heterocycles. The van der Waals surface area contributed by atoms with Gasteiger partial charge in [-0.1, -0.05) is 12.1 Å². The molecule has 1 aliphatic rings. The normalized spacial score (nSPS) is 19.6. The van der Waals surface area contributed by atoms with Crippen molar-refractivity contribution in [2.24, 2.45) is 0 Å². The van der Waals surface area contributed by atoms with Crippen LogP contribution >= 0.6 is 0 Å². The standard InChI is InChI=1S/C13H15N3O3/c1-18-12(17)11-8-19-7-6-16(11)13-14-9-4-2-3-5-10(9)15-13/h2-5,11H,6-8H2,1H3,(H,14,15). The number of nitrogens with one attached hydrogen (secondary N) is 1. The van der Waals surface area contributed by atoms with Crippen LogP contribution in [0.4, 0.5) is 5.95 Å². The van der Waals surface area contributed by atoms with E-state index in [1.54, 1.807) is 0 Å². The number of rotatable bonds is 2. The van der Waals surface area contributed by atoms with Gasteiger partial charge in [-0.3, -0.25) is 0 Å². The first kappa shape index (κ1) is 12.0. The van der Waals surface area contributed by atoms with Gasteiger partial charge in [-0.05, 0) is 12.1 Å². The van der Waals surface area contributed by atoms with E-state index in [4.69, 9.17) is 9.47 Å². The van der Waals surface area contributed by atoms with Crippen molar-refractivity contribution < 1.29 is 14.3 Å². The van der Waals surface area contributed by atoms with E-state index in [2.05, 4.69) is 9.97 Å². The van der Waals surface area contributed by atoms with Crippen LogP contribution in [0.2, 0.25) is 0 Å². The van der Waals surface area contributed by atoms with Crippen molar-refractivity contribution in [2.45, 2.75) is 6.04 Å². The maximum absolute atomic E-state index is 11.8. The fraction of sp³-hybridized carbons (Fsp3) is 0.385. The summed E-state index contributed by atoms with van der Waals surface area (Å²) in [7, 11) is 1.38. The quantitative estimate of drug-likeness (QED) is 0.815. The molecular weight excluding hydrogens is 246 g/mol. The van der Waals surface area contributed by atoms with Crippen LogP contribution in [0.25, 0.3) is 11.0 Å². The number of benzene rings is 1. The molecule has 1 aromatic carbocycles. The first-order valence-electron chi connectivity index (χ1n) is 6.16. The number of hydrogen-bond donors (Lipinski definition) is 1. The number of aromatic nitrogens is 2. The van der Waals surface area contributed by atoms with E-state index >= 15 is 0 Å². The summed E-state index contributed by atoms with van der Waals surface area (Å²) < 4.78 is 10.2. The molecule has 2 aromatic rings. The second-order valence-corrected chi connectivity index (χ2v) is 4.38. The number of aromatic amines is 1. The summed E-state index contributed by atoms with van der Waals surface area (Å²) in [4.78, 5) is 21.4. The number of anilines is 1.